The van der Waals surface area contributed by atoms with Crippen molar-refractivity contribution in [2.45, 2.75) is 6.04 Å². The Labute approximate surface area is 126 Å². The number of nitrogens with two attached hydrogens (primary N) is 1. The summed E-state index contributed by atoms with van der Waals surface area (Å²) in [6.07, 6.45) is 0. The van der Waals surface area contributed by atoms with Crippen LogP contribution in [0.5, 0.6) is 5.75 Å². The molecule has 1 atom stereocenters. The van der Waals surface area contributed by atoms with Gasteiger partial charge in [-0.1, -0.05) is 6.07 Å². The summed E-state index contributed by atoms with van der Waals surface area (Å²) in [4.78, 5) is 13.0. The summed E-state index contributed by atoms with van der Waals surface area (Å²) in [5.41, 5.74) is 9.07. The number of thiophene rings is 1. The van der Waals surface area contributed by atoms with Gasteiger partial charge in [0.25, 0.3) is 0 Å². The van der Waals surface area contributed by atoms with E-state index in [4.69, 9.17) is 10.5 Å². The van der Waals surface area contributed by atoms with E-state index >= 15 is 0 Å². The Balaban J connectivity index is 2.08. The smallest absolute Gasteiger partial charge is 0.328 e. The molecule has 0 aliphatic heterocycles. The number of hydrogen-bond acceptors (Lipinski definition) is 4. The molecule has 0 bridgehead atoms. The number of nitrogens with zero attached hydrogens (tertiary/aromatic N) is 2. The summed E-state index contributed by atoms with van der Waals surface area (Å²) < 4.78 is 8.47. The van der Waals surface area contributed by atoms with Crippen molar-refractivity contribution in [2.24, 2.45) is 19.8 Å². The van der Waals surface area contributed by atoms with Crippen LogP contribution in [0.3, 0.4) is 0 Å². The number of fused-ring (bicyclic) bond motifs is 1. The number of methoxy groups -OCH3 is 1. The number of ether oxygens (including phenoxy) is 1. The van der Waals surface area contributed by atoms with Crippen LogP contribution in [0, 0.1) is 0 Å². The van der Waals surface area contributed by atoms with E-state index < -0.39 is 0 Å². The zero-order chi connectivity index (χ0) is 15.1. The van der Waals surface area contributed by atoms with E-state index in [0.717, 1.165) is 27.2 Å². The van der Waals surface area contributed by atoms with Crippen molar-refractivity contribution in [2.75, 3.05) is 7.11 Å². The Morgan fingerprint density at radius 3 is 2.57 bits per heavy atom. The number of benzene rings is 1. The maximum atomic E-state index is 12.0. The van der Waals surface area contributed by atoms with Crippen molar-refractivity contribution in [1.29, 1.82) is 0 Å². The van der Waals surface area contributed by atoms with Crippen LogP contribution < -0.4 is 16.2 Å². The molecule has 2 heterocycles. The predicted octanol–water partition coefficient (Wildman–Crippen LogP) is 2.00. The summed E-state index contributed by atoms with van der Waals surface area (Å²) in [5, 5.41) is 1.94. The number of aromatic nitrogens is 2. The van der Waals surface area contributed by atoms with Gasteiger partial charge >= 0.3 is 5.69 Å². The molecule has 0 radical (unpaired) electrons. The molecule has 2 aromatic heterocycles. The molecule has 0 aliphatic rings. The molecule has 0 aliphatic carbocycles. The minimum absolute atomic E-state index is 0.0338. The Morgan fingerprint density at radius 1 is 1.19 bits per heavy atom. The molecule has 6 heteroatoms. The van der Waals surface area contributed by atoms with Crippen molar-refractivity contribution in [3.8, 4) is 5.75 Å². The van der Waals surface area contributed by atoms with E-state index in [1.54, 1.807) is 41.7 Å². The summed E-state index contributed by atoms with van der Waals surface area (Å²) in [7, 11) is 5.19. The Bertz CT molecular complexity index is 860. The minimum Gasteiger partial charge on any atom is -0.496 e. The van der Waals surface area contributed by atoms with Crippen molar-refractivity contribution >= 4 is 22.4 Å². The van der Waals surface area contributed by atoms with Gasteiger partial charge in [0.15, 0.2) is 0 Å². The summed E-state index contributed by atoms with van der Waals surface area (Å²) in [6, 6.07) is 7.62. The highest BCUT2D eigenvalue weighted by molar-refractivity contribution is 7.10. The SMILES string of the molecule is COc1csc(C(N)c2ccc3c(c2)n(C)c(=O)n3C)c1. The fourth-order valence-electron chi connectivity index (χ4n) is 2.49. The first-order chi connectivity index (χ1) is 10.0. The van der Waals surface area contributed by atoms with Crippen LogP contribution in [0.4, 0.5) is 0 Å². The van der Waals surface area contributed by atoms with Gasteiger partial charge in [-0.2, -0.15) is 0 Å². The molecule has 0 fully saturated rings. The second kappa shape index (κ2) is 5.05. The molecular weight excluding hydrogens is 286 g/mol. The van der Waals surface area contributed by atoms with Gasteiger partial charge in [-0.3, -0.25) is 9.13 Å². The van der Waals surface area contributed by atoms with Gasteiger partial charge in [-0.15, -0.1) is 11.3 Å². The van der Waals surface area contributed by atoms with Crippen LogP contribution in [0.1, 0.15) is 16.5 Å². The fraction of sp³-hybridized carbons (Fsp3) is 0.267. The Hall–Kier alpha value is -2.05. The Morgan fingerprint density at radius 2 is 1.90 bits per heavy atom. The largest absolute Gasteiger partial charge is 0.496 e. The van der Waals surface area contributed by atoms with Crippen LogP contribution in [0.15, 0.2) is 34.4 Å². The van der Waals surface area contributed by atoms with Gasteiger partial charge in [-0.25, -0.2) is 4.79 Å². The Kier molecular flexibility index (Phi) is 3.35. The number of hydrogen-bond donors (Lipinski definition) is 1. The van der Waals surface area contributed by atoms with E-state index in [-0.39, 0.29) is 11.7 Å². The zero-order valence-corrected chi connectivity index (χ0v) is 13.0. The lowest BCUT2D eigenvalue weighted by atomic mass is 10.1. The third-order valence-electron chi connectivity index (χ3n) is 3.79. The molecule has 0 saturated heterocycles. The standard InChI is InChI=1S/C15H17N3O2S/c1-17-11-5-4-9(6-12(11)18(2)15(17)19)14(16)13-7-10(20-3)8-21-13/h4-8,14H,16H2,1-3H3. The lowest BCUT2D eigenvalue weighted by molar-refractivity contribution is 0.416. The highest BCUT2D eigenvalue weighted by atomic mass is 32.1. The van der Waals surface area contributed by atoms with Crippen LogP contribution in [0.25, 0.3) is 11.0 Å². The van der Waals surface area contributed by atoms with Gasteiger partial charge < -0.3 is 10.5 Å². The van der Waals surface area contributed by atoms with Gasteiger partial charge in [0, 0.05) is 24.4 Å². The third kappa shape index (κ3) is 2.16. The number of aryl methyl sites for hydroxylation is 2. The fourth-order valence-corrected chi connectivity index (χ4v) is 3.37. The summed E-state index contributed by atoms with van der Waals surface area (Å²) >= 11 is 1.57. The second-order valence-electron chi connectivity index (χ2n) is 5.02. The molecule has 0 saturated carbocycles. The van der Waals surface area contributed by atoms with Crippen LogP contribution >= 0.6 is 11.3 Å². The van der Waals surface area contributed by atoms with E-state index in [2.05, 4.69) is 0 Å². The maximum Gasteiger partial charge on any atom is 0.328 e. The first-order valence-electron chi connectivity index (χ1n) is 6.56. The number of rotatable bonds is 3. The molecule has 0 spiro atoms. The minimum atomic E-state index is -0.224. The quantitative estimate of drug-likeness (QED) is 0.805. The first kappa shape index (κ1) is 13.9. The molecule has 3 rings (SSSR count). The molecule has 0 amide bonds. The average molecular weight is 303 g/mol. The van der Waals surface area contributed by atoms with Crippen molar-refractivity contribution < 1.29 is 4.74 Å². The third-order valence-corrected chi connectivity index (χ3v) is 4.79. The van der Waals surface area contributed by atoms with Crippen LogP contribution in [-0.4, -0.2) is 16.2 Å². The van der Waals surface area contributed by atoms with E-state index in [1.807, 2.05) is 29.6 Å². The van der Waals surface area contributed by atoms with E-state index in [1.165, 1.54) is 0 Å². The zero-order valence-electron chi connectivity index (χ0n) is 12.2. The molecule has 1 aromatic carbocycles. The maximum absolute atomic E-state index is 12.0. The first-order valence-corrected chi connectivity index (χ1v) is 7.44. The molecule has 1 unspecified atom stereocenters. The van der Waals surface area contributed by atoms with Gasteiger partial charge in [0.05, 0.1) is 24.2 Å². The average Bonchev–Trinajstić information content (AvgIpc) is 3.07. The lowest BCUT2D eigenvalue weighted by Crippen LogP contribution is -2.19. The van der Waals surface area contributed by atoms with Crippen molar-refractivity contribution in [3.63, 3.8) is 0 Å². The molecule has 2 N–H and O–H groups in total. The predicted molar refractivity (Wildman–Crippen MR) is 85.1 cm³/mol. The number of imidazole rings is 1. The highest BCUT2D eigenvalue weighted by Gasteiger charge is 2.15. The van der Waals surface area contributed by atoms with Gasteiger partial charge in [0.1, 0.15) is 5.75 Å². The summed E-state index contributed by atoms with van der Waals surface area (Å²) in [5.74, 6) is 0.818. The molecule has 21 heavy (non-hydrogen) atoms. The molecule has 110 valence electrons. The van der Waals surface area contributed by atoms with Crippen molar-refractivity contribution in [3.05, 3.63) is 50.6 Å². The van der Waals surface area contributed by atoms with E-state index in [9.17, 15) is 4.79 Å². The highest BCUT2D eigenvalue weighted by Crippen LogP contribution is 2.30. The summed E-state index contributed by atoms with van der Waals surface area (Å²) in [6.45, 7) is 0. The lowest BCUT2D eigenvalue weighted by Gasteiger charge is -2.10. The second-order valence-corrected chi connectivity index (χ2v) is 5.96. The van der Waals surface area contributed by atoms with Gasteiger partial charge in [-0.05, 0) is 23.8 Å². The topological polar surface area (TPSA) is 62.2 Å². The van der Waals surface area contributed by atoms with Crippen LogP contribution in [0.2, 0.25) is 0 Å². The normalized spacial score (nSPS) is 12.8. The molecule has 3 aromatic rings. The van der Waals surface area contributed by atoms with Gasteiger partial charge in [0.2, 0.25) is 0 Å². The van der Waals surface area contributed by atoms with Crippen molar-refractivity contribution in [1.82, 2.24) is 9.13 Å². The molecule has 5 nitrogen and oxygen atoms in total. The van der Waals surface area contributed by atoms with Crippen LogP contribution in [-0.2, 0) is 14.1 Å². The van der Waals surface area contributed by atoms with E-state index in [0.29, 0.717) is 0 Å². The monoisotopic (exact) mass is 303 g/mol. The molecular formula is C15H17N3O2S.